The molecule has 0 fully saturated rings. The molecule has 0 aliphatic heterocycles. The first-order chi connectivity index (χ1) is 9.20. The number of methoxy groups -OCH3 is 1. The van der Waals surface area contributed by atoms with Crippen molar-refractivity contribution >= 4 is 5.97 Å². The number of carbonyl (C=O) groups excluding carboxylic acids is 1. The summed E-state index contributed by atoms with van der Waals surface area (Å²) >= 11 is 0. The zero-order valence-corrected chi connectivity index (χ0v) is 11.1. The highest BCUT2D eigenvalue weighted by Crippen LogP contribution is 2.20. The summed E-state index contributed by atoms with van der Waals surface area (Å²) in [7, 11) is 1.37. The lowest BCUT2D eigenvalue weighted by atomic mass is 10.1. The first-order valence-electron chi connectivity index (χ1n) is 6.06. The lowest BCUT2D eigenvalue weighted by Crippen LogP contribution is -2.03. The van der Waals surface area contributed by atoms with E-state index in [1.54, 1.807) is 18.2 Å². The van der Waals surface area contributed by atoms with E-state index in [4.69, 9.17) is 4.74 Å². The van der Waals surface area contributed by atoms with Gasteiger partial charge in [-0.25, -0.2) is 4.79 Å². The second kappa shape index (κ2) is 6.05. The van der Waals surface area contributed by atoms with Crippen LogP contribution in [-0.4, -0.2) is 13.1 Å². The summed E-state index contributed by atoms with van der Waals surface area (Å²) in [6.07, 6.45) is 0. The standard InChI is InChI=1S/C16H16O3/c1-12-10-14(16(17)18-2)8-9-15(12)19-11-13-6-4-3-5-7-13/h3-10H,11H2,1-2H3. The van der Waals surface area contributed by atoms with Gasteiger partial charge in [0.25, 0.3) is 0 Å². The average Bonchev–Trinajstić information content (AvgIpc) is 2.46. The number of hydrogen-bond acceptors (Lipinski definition) is 3. The third kappa shape index (κ3) is 3.35. The maximum absolute atomic E-state index is 11.4. The second-order valence-corrected chi connectivity index (χ2v) is 4.25. The van der Waals surface area contributed by atoms with Gasteiger partial charge >= 0.3 is 5.97 Å². The Balaban J connectivity index is 2.07. The predicted octanol–water partition coefficient (Wildman–Crippen LogP) is 3.36. The highest BCUT2D eigenvalue weighted by molar-refractivity contribution is 5.89. The van der Waals surface area contributed by atoms with Gasteiger partial charge in [0.15, 0.2) is 0 Å². The zero-order valence-electron chi connectivity index (χ0n) is 11.1. The summed E-state index contributed by atoms with van der Waals surface area (Å²) in [5, 5.41) is 0. The van der Waals surface area contributed by atoms with Crippen molar-refractivity contribution in [3.05, 3.63) is 65.2 Å². The quantitative estimate of drug-likeness (QED) is 0.787. The Kier molecular flexibility index (Phi) is 4.18. The molecule has 0 unspecified atom stereocenters. The minimum absolute atomic E-state index is 0.335. The Hall–Kier alpha value is -2.29. The minimum atomic E-state index is -0.335. The van der Waals surface area contributed by atoms with Crippen LogP contribution >= 0.6 is 0 Å². The Morgan fingerprint density at radius 3 is 2.47 bits per heavy atom. The fraction of sp³-hybridized carbons (Fsp3) is 0.188. The molecule has 2 rings (SSSR count). The number of benzene rings is 2. The monoisotopic (exact) mass is 256 g/mol. The number of ether oxygens (including phenoxy) is 2. The molecule has 0 saturated carbocycles. The molecule has 0 saturated heterocycles. The van der Waals surface area contributed by atoms with Crippen LogP contribution in [0.5, 0.6) is 5.75 Å². The largest absolute Gasteiger partial charge is 0.489 e. The maximum atomic E-state index is 11.4. The molecule has 0 heterocycles. The summed E-state index contributed by atoms with van der Waals surface area (Å²) in [4.78, 5) is 11.4. The fourth-order valence-electron chi connectivity index (χ4n) is 1.79. The Morgan fingerprint density at radius 1 is 1.11 bits per heavy atom. The van der Waals surface area contributed by atoms with Crippen LogP contribution in [0.4, 0.5) is 0 Å². The van der Waals surface area contributed by atoms with E-state index in [1.165, 1.54) is 7.11 Å². The summed E-state index contributed by atoms with van der Waals surface area (Å²) in [5.41, 5.74) is 2.56. The van der Waals surface area contributed by atoms with E-state index in [9.17, 15) is 4.79 Å². The first-order valence-corrected chi connectivity index (χ1v) is 6.06. The lowest BCUT2D eigenvalue weighted by Gasteiger charge is -2.10. The van der Waals surface area contributed by atoms with E-state index >= 15 is 0 Å². The molecular formula is C16H16O3. The van der Waals surface area contributed by atoms with Gasteiger partial charge in [0.05, 0.1) is 12.7 Å². The molecule has 0 spiro atoms. The van der Waals surface area contributed by atoms with Crippen molar-refractivity contribution < 1.29 is 14.3 Å². The van der Waals surface area contributed by atoms with Gasteiger partial charge in [-0.2, -0.15) is 0 Å². The highest BCUT2D eigenvalue weighted by atomic mass is 16.5. The fourth-order valence-corrected chi connectivity index (χ4v) is 1.79. The van der Waals surface area contributed by atoms with E-state index in [0.717, 1.165) is 16.9 Å². The molecule has 0 aliphatic rings. The normalized spacial score (nSPS) is 10.0. The molecule has 2 aromatic carbocycles. The van der Waals surface area contributed by atoms with E-state index in [2.05, 4.69) is 4.74 Å². The van der Waals surface area contributed by atoms with Gasteiger partial charge < -0.3 is 9.47 Å². The molecule has 0 aliphatic carbocycles. The van der Waals surface area contributed by atoms with Crippen molar-refractivity contribution in [3.63, 3.8) is 0 Å². The molecule has 0 radical (unpaired) electrons. The summed E-state index contributed by atoms with van der Waals surface area (Å²) < 4.78 is 10.4. The topological polar surface area (TPSA) is 35.5 Å². The number of esters is 1. The Labute approximate surface area is 112 Å². The lowest BCUT2D eigenvalue weighted by molar-refractivity contribution is 0.0600. The van der Waals surface area contributed by atoms with E-state index in [-0.39, 0.29) is 5.97 Å². The number of carbonyl (C=O) groups is 1. The van der Waals surface area contributed by atoms with Gasteiger partial charge in [-0.1, -0.05) is 30.3 Å². The van der Waals surface area contributed by atoms with Crippen LogP contribution in [0.2, 0.25) is 0 Å². The van der Waals surface area contributed by atoms with Gasteiger partial charge in [0.2, 0.25) is 0 Å². The van der Waals surface area contributed by atoms with Gasteiger partial charge in [-0.05, 0) is 36.2 Å². The molecule has 0 amide bonds. The minimum Gasteiger partial charge on any atom is -0.489 e. The average molecular weight is 256 g/mol. The van der Waals surface area contributed by atoms with Gasteiger partial charge in [0.1, 0.15) is 12.4 Å². The Bertz CT molecular complexity index is 561. The van der Waals surface area contributed by atoms with Crippen LogP contribution in [0.1, 0.15) is 21.5 Å². The molecule has 2 aromatic rings. The van der Waals surface area contributed by atoms with Crippen LogP contribution in [0.15, 0.2) is 48.5 Å². The summed E-state index contributed by atoms with van der Waals surface area (Å²) in [6.45, 7) is 2.42. The smallest absolute Gasteiger partial charge is 0.337 e. The molecule has 0 atom stereocenters. The van der Waals surface area contributed by atoms with Crippen molar-refractivity contribution in [2.24, 2.45) is 0 Å². The van der Waals surface area contributed by atoms with Crippen molar-refractivity contribution in [1.29, 1.82) is 0 Å². The van der Waals surface area contributed by atoms with Crippen molar-refractivity contribution in [2.75, 3.05) is 7.11 Å². The number of rotatable bonds is 4. The third-order valence-corrected chi connectivity index (χ3v) is 2.83. The van der Waals surface area contributed by atoms with Gasteiger partial charge in [-0.3, -0.25) is 0 Å². The summed E-state index contributed by atoms with van der Waals surface area (Å²) in [6, 6.07) is 15.2. The SMILES string of the molecule is COC(=O)c1ccc(OCc2ccccc2)c(C)c1. The first kappa shape index (κ1) is 13.1. The third-order valence-electron chi connectivity index (χ3n) is 2.83. The molecular weight excluding hydrogens is 240 g/mol. The number of aryl methyl sites for hydroxylation is 1. The molecule has 19 heavy (non-hydrogen) atoms. The Morgan fingerprint density at radius 2 is 1.84 bits per heavy atom. The van der Waals surface area contributed by atoms with Crippen LogP contribution in [0.25, 0.3) is 0 Å². The highest BCUT2D eigenvalue weighted by Gasteiger charge is 2.08. The van der Waals surface area contributed by atoms with Crippen LogP contribution < -0.4 is 4.74 Å². The predicted molar refractivity (Wildman–Crippen MR) is 73.3 cm³/mol. The van der Waals surface area contributed by atoms with Crippen molar-refractivity contribution in [2.45, 2.75) is 13.5 Å². The van der Waals surface area contributed by atoms with Crippen molar-refractivity contribution in [1.82, 2.24) is 0 Å². The zero-order chi connectivity index (χ0) is 13.7. The molecule has 0 N–H and O–H groups in total. The molecule has 0 aromatic heterocycles. The van der Waals surface area contributed by atoms with E-state index < -0.39 is 0 Å². The van der Waals surface area contributed by atoms with E-state index in [0.29, 0.717) is 12.2 Å². The second-order valence-electron chi connectivity index (χ2n) is 4.25. The van der Waals surface area contributed by atoms with E-state index in [1.807, 2.05) is 37.3 Å². The molecule has 98 valence electrons. The van der Waals surface area contributed by atoms with Crippen molar-refractivity contribution in [3.8, 4) is 5.75 Å². The molecule has 3 nitrogen and oxygen atoms in total. The number of hydrogen-bond donors (Lipinski definition) is 0. The van der Waals surface area contributed by atoms with Crippen LogP contribution in [0, 0.1) is 6.92 Å². The van der Waals surface area contributed by atoms with Crippen LogP contribution in [-0.2, 0) is 11.3 Å². The van der Waals surface area contributed by atoms with Gasteiger partial charge in [-0.15, -0.1) is 0 Å². The van der Waals surface area contributed by atoms with Crippen LogP contribution in [0.3, 0.4) is 0 Å². The molecule has 3 heteroatoms. The molecule has 0 bridgehead atoms. The maximum Gasteiger partial charge on any atom is 0.337 e. The van der Waals surface area contributed by atoms with Gasteiger partial charge in [0, 0.05) is 0 Å². The summed E-state index contributed by atoms with van der Waals surface area (Å²) in [5.74, 6) is 0.439.